The fraction of sp³-hybridized carbons (Fsp3) is 0.429. The summed E-state index contributed by atoms with van der Waals surface area (Å²) in [4.78, 5) is 12.9. The zero-order valence-corrected chi connectivity index (χ0v) is 12.3. The van der Waals surface area contributed by atoms with Crippen LogP contribution in [0.1, 0.15) is 12.5 Å². The highest BCUT2D eigenvalue weighted by Gasteiger charge is 2.14. The summed E-state index contributed by atoms with van der Waals surface area (Å²) in [6.07, 6.45) is 3.84. The van der Waals surface area contributed by atoms with E-state index in [1.807, 2.05) is 18.2 Å². The van der Waals surface area contributed by atoms with Gasteiger partial charge in [-0.15, -0.1) is 12.4 Å². The largest absolute Gasteiger partial charge is 0.312 e. The first-order chi connectivity index (χ1) is 9.16. The van der Waals surface area contributed by atoms with E-state index in [2.05, 4.69) is 17.1 Å². The normalized spacial score (nSPS) is 19.8. The number of hydrogen-bond donors (Lipinski definition) is 1. The number of nitrogens with one attached hydrogen (secondary N) is 1. The first-order valence-electron chi connectivity index (χ1n) is 6.52. The van der Waals surface area contributed by atoms with E-state index in [0.29, 0.717) is 11.6 Å². The van der Waals surface area contributed by atoms with Crippen LogP contribution in [0.5, 0.6) is 0 Å². The molecule has 0 amide bonds. The molecule has 1 N–H and O–H groups in total. The summed E-state index contributed by atoms with van der Waals surface area (Å²) in [5, 5.41) is 14.3. The van der Waals surface area contributed by atoms with E-state index >= 15 is 0 Å². The number of para-hydroxylation sites is 1. The van der Waals surface area contributed by atoms with Crippen LogP contribution in [-0.4, -0.2) is 42.0 Å². The molecule has 20 heavy (non-hydrogen) atoms. The van der Waals surface area contributed by atoms with Crippen molar-refractivity contribution in [3.05, 3.63) is 46.0 Å². The molecular weight excluding hydrogens is 278 g/mol. The van der Waals surface area contributed by atoms with Crippen LogP contribution in [0.2, 0.25) is 0 Å². The Bertz CT molecular complexity index is 479. The third-order valence-corrected chi connectivity index (χ3v) is 3.25. The summed E-state index contributed by atoms with van der Waals surface area (Å²) in [7, 11) is 0. The molecule has 1 saturated heterocycles. The first-order valence-corrected chi connectivity index (χ1v) is 6.52. The molecule has 0 aromatic heterocycles. The number of benzene rings is 1. The quantitative estimate of drug-likeness (QED) is 0.684. The van der Waals surface area contributed by atoms with Gasteiger partial charge >= 0.3 is 0 Å². The van der Waals surface area contributed by atoms with Gasteiger partial charge in [0.1, 0.15) is 0 Å². The van der Waals surface area contributed by atoms with E-state index in [0.717, 1.165) is 26.2 Å². The van der Waals surface area contributed by atoms with E-state index in [1.165, 1.54) is 6.07 Å². The Morgan fingerprint density at radius 1 is 1.50 bits per heavy atom. The first kappa shape index (κ1) is 16.6. The lowest BCUT2D eigenvalue weighted by Crippen LogP contribution is -2.49. The minimum atomic E-state index is -0.341. The number of piperazine rings is 1. The van der Waals surface area contributed by atoms with Crippen LogP contribution in [0.4, 0.5) is 5.69 Å². The van der Waals surface area contributed by atoms with E-state index in [1.54, 1.807) is 12.1 Å². The Kier molecular flexibility index (Phi) is 6.64. The smallest absolute Gasteiger partial charge is 0.276 e. The highest BCUT2D eigenvalue weighted by Crippen LogP contribution is 2.18. The monoisotopic (exact) mass is 297 g/mol. The van der Waals surface area contributed by atoms with Crippen molar-refractivity contribution < 1.29 is 4.92 Å². The third kappa shape index (κ3) is 4.59. The second-order valence-corrected chi connectivity index (χ2v) is 4.83. The van der Waals surface area contributed by atoms with E-state index in [4.69, 9.17) is 0 Å². The lowest BCUT2D eigenvalue weighted by molar-refractivity contribution is -0.385. The fourth-order valence-electron chi connectivity index (χ4n) is 2.30. The molecule has 1 fully saturated rings. The molecule has 0 radical (unpaired) electrons. The average Bonchev–Trinajstić information content (AvgIpc) is 2.39. The van der Waals surface area contributed by atoms with Gasteiger partial charge in [0.25, 0.3) is 5.69 Å². The Labute approximate surface area is 125 Å². The number of halogens is 1. The predicted octanol–water partition coefficient (Wildman–Crippen LogP) is 2.32. The van der Waals surface area contributed by atoms with Gasteiger partial charge in [0.05, 0.1) is 10.5 Å². The maximum atomic E-state index is 10.9. The molecule has 6 heteroatoms. The molecule has 110 valence electrons. The van der Waals surface area contributed by atoms with Crippen molar-refractivity contribution in [3.63, 3.8) is 0 Å². The second kappa shape index (κ2) is 7.99. The van der Waals surface area contributed by atoms with Crippen molar-refractivity contribution in [3.8, 4) is 0 Å². The molecule has 0 unspecified atom stereocenters. The Morgan fingerprint density at radius 2 is 2.25 bits per heavy atom. The van der Waals surface area contributed by atoms with Crippen molar-refractivity contribution in [1.82, 2.24) is 10.2 Å². The van der Waals surface area contributed by atoms with E-state index in [-0.39, 0.29) is 23.0 Å². The summed E-state index contributed by atoms with van der Waals surface area (Å²) in [5.41, 5.74) is 0.822. The van der Waals surface area contributed by atoms with Crippen molar-refractivity contribution in [2.24, 2.45) is 0 Å². The molecule has 0 saturated carbocycles. The van der Waals surface area contributed by atoms with Crippen molar-refractivity contribution in [1.29, 1.82) is 0 Å². The second-order valence-electron chi connectivity index (χ2n) is 4.83. The Morgan fingerprint density at radius 3 is 2.95 bits per heavy atom. The molecule has 1 heterocycles. The number of rotatable bonds is 4. The number of nitro groups is 1. The van der Waals surface area contributed by atoms with Crippen LogP contribution >= 0.6 is 12.4 Å². The molecule has 1 atom stereocenters. The van der Waals surface area contributed by atoms with E-state index in [9.17, 15) is 10.1 Å². The van der Waals surface area contributed by atoms with Crippen LogP contribution < -0.4 is 5.32 Å². The molecule has 1 aromatic carbocycles. The fourth-order valence-corrected chi connectivity index (χ4v) is 2.30. The van der Waals surface area contributed by atoms with Gasteiger partial charge in [-0.1, -0.05) is 24.3 Å². The van der Waals surface area contributed by atoms with Gasteiger partial charge in [0.15, 0.2) is 0 Å². The van der Waals surface area contributed by atoms with Crippen LogP contribution in [0.3, 0.4) is 0 Å². The maximum Gasteiger partial charge on any atom is 0.276 e. The summed E-state index contributed by atoms with van der Waals surface area (Å²) in [5.74, 6) is 0. The molecule has 5 nitrogen and oxygen atoms in total. The summed E-state index contributed by atoms with van der Waals surface area (Å²) in [6.45, 7) is 6.03. The summed E-state index contributed by atoms with van der Waals surface area (Å²) < 4.78 is 0. The van der Waals surface area contributed by atoms with Crippen molar-refractivity contribution >= 4 is 24.2 Å². The summed E-state index contributed by atoms with van der Waals surface area (Å²) >= 11 is 0. The lowest BCUT2D eigenvalue weighted by Gasteiger charge is -2.30. The number of hydrogen-bond acceptors (Lipinski definition) is 4. The molecule has 1 aliphatic rings. The van der Waals surface area contributed by atoms with Gasteiger partial charge in [-0.2, -0.15) is 0 Å². The minimum Gasteiger partial charge on any atom is -0.312 e. The molecule has 1 aromatic rings. The number of nitrogens with zero attached hydrogens (tertiary/aromatic N) is 2. The third-order valence-electron chi connectivity index (χ3n) is 3.25. The van der Waals surface area contributed by atoms with Gasteiger partial charge in [-0.25, -0.2) is 0 Å². The van der Waals surface area contributed by atoms with Crippen LogP contribution in [0, 0.1) is 10.1 Å². The van der Waals surface area contributed by atoms with Gasteiger partial charge in [0.2, 0.25) is 0 Å². The standard InChI is InChI=1S/C14H19N3O2.ClH/c1-12-11-16(10-8-15-12)9-4-6-13-5-2-3-7-14(13)17(18)19;/h2-7,12,15H,8-11H2,1H3;1H/b6-4+;/t12-;/m1./s1. The van der Waals surface area contributed by atoms with Crippen molar-refractivity contribution in [2.75, 3.05) is 26.2 Å². The topological polar surface area (TPSA) is 58.4 Å². The Balaban J connectivity index is 0.00000200. The highest BCUT2D eigenvalue weighted by molar-refractivity contribution is 5.85. The summed E-state index contributed by atoms with van der Waals surface area (Å²) in [6, 6.07) is 7.32. The molecule has 0 bridgehead atoms. The SMILES string of the molecule is C[C@@H]1CN(C/C=C/c2ccccc2[N+](=O)[O-])CCN1.Cl. The van der Waals surface area contributed by atoms with Gasteiger partial charge in [-0.05, 0) is 13.0 Å². The van der Waals surface area contributed by atoms with Crippen LogP contribution in [-0.2, 0) is 0 Å². The molecule has 0 spiro atoms. The average molecular weight is 298 g/mol. The van der Waals surface area contributed by atoms with Crippen molar-refractivity contribution in [2.45, 2.75) is 13.0 Å². The van der Waals surface area contributed by atoms with E-state index < -0.39 is 0 Å². The van der Waals surface area contributed by atoms with Gasteiger partial charge in [-0.3, -0.25) is 15.0 Å². The van der Waals surface area contributed by atoms with Crippen LogP contribution in [0.25, 0.3) is 6.08 Å². The Hall–Kier alpha value is -1.43. The maximum absolute atomic E-state index is 10.9. The van der Waals surface area contributed by atoms with Gasteiger partial charge in [0, 0.05) is 38.3 Å². The highest BCUT2D eigenvalue weighted by atomic mass is 35.5. The van der Waals surface area contributed by atoms with Crippen LogP contribution in [0.15, 0.2) is 30.3 Å². The zero-order valence-electron chi connectivity index (χ0n) is 11.5. The minimum absolute atomic E-state index is 0. The van der Waals surface area contributed by atoms with Gasteiger partial charge < -0.3 is 5.32 Å². The predicted molar refractivity (Wildman–Crippen MR) is 83.3 cm³/mol. The number of nitro benzene ring substituents is 1. The zero-order chi connectivity index (χ0) is 13.7. The molecular formula is C14H20ClN3O2. The molecule has 0 aliphatic carbocycles. The lowest BCUT2D eigenvalue weighted by atomic mass is 10.1. The molecule has 1 aliphatic heterocycles. The molecule has 2 rings (SSSR count).